The molecule has 6 nitrogen and oxygen atoms in total. The first kappa shape index (κ1) is 21.1. The molecule has 27 heavy (non-hydrogen) atoms. The van der Waals surface area contributed by atoms with E-state index in [-0.39, 0.29) is 24.8 Å². The van der Waals surface area contributed by atoms with Crippen molar-refractivity contribution in [2.75, 3.05) is 6.54 Å². The van der Waals surface area contributed by atoms with Crippen molar-refractivity contribution in [3.8, 4) is 0 Å². The van der Waals surface area contributed by atoms with Gasteiger partial charge in [-0.05, 0) is 17.6 Å². The monoisotopic (exact) mass is 406 g/mol. The van der Waals surface area contributed by atoms with Crippen molar-refractivity contribution < 1.29 is 19.5 Å². The first-order chi connectivity index (χ1) is 12.8. The molecule has 2 rings (SSSR count). The molecule has 0 aromatic heterocycles. The summed E-state index contributed by atoms with van der Waals surface area (Å²) in [6, 6.07) is 8.50. The first-order valence-corrected chi connectivity index (χ1v) is 9.88. The van der Waals surface area contributed by atoms with Gasteiger partial charge < -0.3 is 10.4 Å². The predicted octanol–water partition coefficient (Wildman–Crippen LogP) is 2.89. The Labute approximate surface area is 168 Å². The Morgan fingerprint density at radius 3 is 2.59 bits per heavy atom. The second kappa shape index (κ2) is 9.66. The van der Waals surface area contributed by atoms with Crippen molar-refractivity contribution in [3.63, 3.8) is 0 Å². The molecule has 0 bridgehead atoms. The molecule has 0 radical (unpaired) electrons. The van der Waals surface area contributed by atoms with Gasteiger partial charge in [-0.15, -0.1) is 0 Å². The molecule has 0 saturated carbocycles. The lowest BCUT2D eigenvalue weighted by Gasteiger charge is -2.21. The highest BCUT2D eigenvalue weighted by atomic mass is 32.2. The second-order valence-electron chi connectivity index (χ2n) is 6.26. The molecule has 1 heterocycles. The van der Waals surface area contributed by atoms with Crippen LogP contribution in [0.15, 0.2) is 35.2 Å². The number of aliphatic carboxylic acids is 1. The van der Waals surface area contributed by atoms with Crippen LogP contribution in [0, 0.1) is 5.92 Å². The third-order valence-corrected chi connectivity index (χ3v) is 5.71. The molecule has 0 aliphatic carbocycles. The number of hydrogen-bond donors (Lipinski definition) is 2. The van der Waals surface area contributed by atoms with Gasteiger partial charge in [-0.1, -0.05) is 74.6 Å². The number of carboxylic acids is 1. The molecule has 1 aliphatic heterocycles. The summed E-state index contributed by atoms with van der Waals surface area (Å²) in [7, 11) is 0. The summed E-state index contributed by atoms with van der Waals surface area (Å²) < 4.78 is 0.395. The van der Waals surface area contributed by atoms with Crippen molar-refractivity contribution in [2.24, 2.45) is 5.92 Å². The fourth-order valence-electron chi connectivity index (χ4n) is 2.54. The van der Waals surface area contributed by atoms with E-state index in [0.717, 1.165) is 5.56 Å². The standard InChI is InChI=1S/C19H22N2O4S2/c1-3-12(2)16(18(24)25)20-15(22)9-10-21-17(23)14(27-19(21)26)11-13-7-5-4-6-8-13/h4-8,11-12,16H,3,9-10H2,1-2H3,(H,20,22)(H,24,25)/b14-11+/t12-,16+/m1/s1. The van der Waals surface area contributed by atoms with Gasteiger partial charge in [0.05, 0.1) is 4.91 Å². The van der Waals surface area contributed by atoms with Crippen LogP contribution in [0.25, 0.3) is 6.08 Å². The van der Waals surface area contributed by atoms with Gasteiger partial charge >= 0.3 is 5.97 Å². The number of benzene rings is 1. The molecule has 2 atom stereocenters. The zero-order valence-corrected chi connectivity index (χ0v) is 16.8. The smallest absolute Gasteiger partial charge is 0.326 e. The number of amides is 2. The SMILES string of the molecule is CC[C@@H](C)[C@H](NC(=O)CCN1C(=O)/C(=C\c2ccccc2)SC1=S)C(=O)O. The van der Waals surface area contributed by atoms with E-state index in [1.807, 2.05) is 37.3 Å². The lowest BCUT2D eigenvalue weighted by atomic mass is 9.99. The Balaban J connectivity index is 1.96. The van der Waals surface area contributed by atoms with Crippen LogP contribution in [0.3, 0.4) is 0 Å². The maximum absolute atomic E-state index is 12.5. The number of thioether (sulfide) groups is 1. The first-order valence-electron chi connectivity index (χ1n) is 8.66. The van der Waals surface area contributed by atoms with E-state index in [0.29, 0.717) is 15.6 Å². The molecule has 2 amide bonds. The highest BCUT2D eigenvalue weighted by Gasteiger charge is 2.32. The molecular formula is C19H22N2O4S2. The van der Waals surface area contributed by atoms with E-state index in [4.69, 9.17) is 12.2 Å². The topological polar surface area (TPSA) is 86.7 Å². The fraction of sp³-hybridized carbons (Fsp3) is 0.368. The molecule has 0 spiro atoms. The predicted molar refractivity (Wildman–Crippen MR) is 110 cm³/mol. The Kier molecular flexibility index (Phi) is 7.55. The molecule has 1 aromatic carbocycles. The number of carbonyl (C=O) groups is 3. The van der Waals surface area contributed by atoms with E-state index >= 15 is 0 Å². The van der Waals surface area contributed by atoms with Crippen LogP contribution in [0.4, 0.5) is 0 Å². The number of carbonyl (C=O) groups excluding carboxylic acids is 2. The number of carboxylic acid groups (broad SMARTS) is 1. The van der Waals surface area contributed by atoms with Crippen molar-refractivity contribution in [2.45, 2.75) is 32.7 Å². The van der Waals surface area contributed by atoms with Crippen LogP contribution >= 0.6 is 24.0 Å². The lowest BCUT2D eigenvalue weighted by molar-refractivity contribution is -0.143. The molecule has 1 aromatic rings. The highest BCUT2D eigenvalue weighted by molar-refractivity contribution is 8.26. The maximum Gasteiger partial charge on any atom is 0.326 e. The molecule has 144 valence electrons. The minimum atomic E-state index is -1.06. The van der Waals surface area contributed by atoms with Gasteiger partial charge in [-0.25, -0.2) is 4.79 Å². The third kappa shape index (κ3) is 5.64. The number of nitrogens with zero attached hydrogens (tertiary/aromatic N) is 1. The summed E-state index contributed by atoms with van der Waals surface area (Å²) in [6.07, 6.45) is 2.39. The fourth-order valence-corrected chi connectivity index (χ4v) is 3.84. The summed E-state index contributed by atoms with van der Waals surface area (Å²) in [6.45, 7) is 3.76. The second-order valence-corrected chi connectivity index (χ2v) is 7.94. The summed E-state index contributed by atoms with van der Waals surface area (Å²) in [4.78, 5) is 37.9. The minimum absolute atomic E-state index is 0.00866. The van der Waals surface area contributed by atoms with Gasteiger partial charge in [0.1, 0.15) is 10.4 Å². The van der Waals surface area contributed by atoms with Gasteiger partial charge in [-0.3, -0.25) is 14.5 Å². The van der Waals surface area contributed by atoms with Crippen LogP contribution in [-0.4, -0.2) is 44.7 Å². The molecule has 0 unspecified atom stereocenters. The summed E-state index contributed by atoms with van der Waals surface area (Å²) in [5.41, 5.74) is 0.897. The van der Waals surface area contributed by atoms with Gasteiger partial charge in [0.25, 0.3) is 5.91 Å². The zero-order chi connectivity index (χ0) is 20.0. The maximum atomic E-state index is 12.5. The van der Waals surface area contributed by atoms with E-state index in [1.165, 1.54) is 16.7 Å². The molecular weight excluding hydrogens is 384 g/mol. The van der Waals surface area contributed by atoms with Crippen molar-refractivity contribution in [1.82, 2.24) is 10.2 Å². The molecule has 1 aliphatic rings. The lowest BCUT2D eigenvalue weighted by Crippen LogP contribution is -2.46. The molecule has 1 fully saturated rings. The van der Waals surface area contributed by atoms with E-state index < -0.39 is 17.9 Å². The van der Waals surface area contributed by atoms with Crippen molar-refractivity contribution in [1.29, 1.82) is 0 Å². The Bertz CT molecular complexity index is 764. The van der Waals surface area contributed by atoms with Gasteiger partial charge in [0, 0.05) is 13.0 Å². The van der Waals surface area contributed by atoms with E-state index in [2.05, 4.69) is 5.32 Å². The van der Waals surface area contributed by atoms with E-state index in [9.17, 15) is 19.5 Å². The van der Waals surface area contributed by atoms with Crippen LogP contribution in [0.1, 0.15) is 32.3 Å². The van der Waals surface area contributed by atoms with Crippen molar-refractivity contribution in [3.05, 3.63) is 40.8 Å². The normalized spacial score (nSPS) is 17.9. The average Bonchev–Trinajstić information content (AvgIpc) is 2.91. The number of nitrogens with one attached hydrogen (secondary N) is 1. The summed E-state index contributed by atoms with van der Waals surface area (Å²) in [5, 5.41) is 11.8. The van der Waals surface area contributed by atoms with Gasteiger partial charge in [-0.2, -0.15) is 0 Å². The minimum Gasteiger partial charge on any atom is -0.480 e. The van der Waals surface area contributed by atoms with Gasteiger partial charge in [0.2, 0.25) is 5.91 Å². The van der Waals surface area contributed by atoms with E-state index in [1.54, 1.807) is 13.0 Å². The Morgan fingerprint density at radius 1 is 1.33 bits per heavy atom. The van der Waals surface area contributed by atoms with Crippen LogP contribution in [0.5, 0.6) is 0 Å². The van der Waals surface area contributed by atoms with Crippen LogP contribution in [-0.2, 0) is 14.4 Å². The highest BCUT2D eigenvalue weighted by Crippen LogP contribution is 2.32. The Morgan fingerprint density at radius 2 is 2.00 bits per heavy atom. The van der Waals surface area contributed by atoms with Crippen molar-refractivity contribution >= 4 is 52.2 Å². The van der Waals surface area contributed by atoms with Gasteiger partial charge in [0.15, 0.2) is 0 Å². The van der Waals surface area contributed by atoms with Crippen LogP contribution in [0.2, 0.25) is 0 Å². The summed E-state index contributed by atoms with van der Waals surface area (Å²) in [5.74, 6) is -1.90. The average molecular weight is 407 g/mol. The molecule has 1 saturated heterocycles. The molecule has 2 N–H and O–H groups in total. The number of hydrogen-bond acceptors (Lipinski definition) is 5. The number of rotatable bonds is 8. The largest absolute Gasteiger partial charge is 0.480 e. The third-order valence-electron chi connectivity index (χ3n) is 4.33. The quantitative estimate of drug-likeness (QED) is 0.510. The zero-order valence-electron chi connectivity index (χ0n) is 15.2. The molecule has 8 heteroatoms. The summed E-state index contributed by atoms with van der Waals surface area (Å²) >= 11 is 6.45. The van der Waals surface area contributed by atoms with Crippen LogP contribution < -0.4 is 5.32 Å². The Hall–Kier alpha value is -2.19. The number of thiocarbonyl (C=S) groups is 1.